The summed E-state index contributed by atoms with van der Waals surface area (Å²) in [5.74, 6) is 0.370. The first-order valence-corrected chi connectivity index (χ1v) is 7.54. The van der Waals surface area contributed by atoms with Crippen molar-refractivity contribution in [1.82, 2.24) is 24.6 Å². The molecule has 0 saturated carbocycles. The van der Waals surface area contributed by atoms with Gasteiger partial charge in [0.1, 0.15) is 0 Å². The van der Waals surface area contributed by atoms with Gasteiger partial charge in [-0.2, -0.15) is 0 Å². The van der Waals surface area contributed by atoms with E-state index in [1.54, 1.807) is 49.8 Å². The fraction of sp³-hybridized carbons (Fsp3) is 0.176. The van der Waals surface area contributed by atoms with Gasteiger partial charge in [0.15, 0.2) is 5.82 Å². The van der Waals surface area contributed by atoms with Crippen molar-refractivity contribution in [2.45, 2.75) is 6.54 Å². The zero-order valence-electron chi connectivity index (χ0n) is 13.2. The molecule has 122 valence electrons. The average molecular weight is 323 g/mol. The molecule has 0 fully saturated rings. The van der Waals surface area contributed by atoms with Crippen molar-refractivity contribution in [2.24, 2.45) is 7.05 Å². The minimum Gasteiger partial charge on any atom is -0.350 e. The lowest BCUT2D eigenvalue weighted by Gasteiger charge is -2.04. The van der Waals surface area contributed by atoms with E-state index >= 15 is 0 Å². The maximum Gasteiger partial charge on any atom is 0.345 e. The van der Waals surface area contributed by atoms with E-state index in [1.807, 2.05) is 12.1 Å². The molecule has 1 aromatic carbocycles. The lowest BCUT2D eigenvalue weighted by atomic mass is 10.2. The number of rotatable bonds is 5. The zero-order chi connectivity index (χ0) is 16.9. The van der Waals surface area contributed by atoms with Crippen molar-refractivity contribution in [3.63, 3.8) is 0 Å². The Morgan fingerprint density at radius 3 is 2.67 bits per heavy atom. The van der Waals surface area contributed by atoms with Crippen LogP contribution in [-0.4, -0.2) is 31.8 Å². The molecule has 7 nitrogen and oxygen atoms in total. The third kappa shape index (κ3) is 3.24. The molecular formula is C17H17N5O2. The summed E-state index contributed by atoms with van der Waals surface area (Å²) in [6.45, 7) is 0.614. The molecular weight excluding hydrogens is 306 g/mol. The first kappa shape index (κ1) is 15.7. The third-order valence-corrected chi connectivity index (χ3v) is 3.61. The Kier molecular flexibility index (Phi) is 4.51. The van der Waals surface area contributed by atoms with Gasteiger partial charge in [0.25, 0.3) is 5.91 Å². The van der Waals surface area contributed by atoms with Gasteiger partial charge in [-0.25, -0.2) is 9.48 Å². The van der Waals surface area contributed by atoms with E-state index in [9.17, 15) is 9.59 Å². The minimum atomic E-state index is -0.234. The fourth-order valence-corrected chi connectivity index (χ4v) is 2.35. The molecule has 0 aliphatic carbocycles. The standard InChI is InChI=1S/C17H17N5O2/c1-21-15(14-8-5-9-18-12-14)20-22(17(21)24)11-10-19-16(23)13-6-3-2-4-7-13/h2-9,12H,10-11H2,1H3,(H,19,23). The fourth-order valence-electron chi connectivity index (χ4n) is 2.35. The van der Waals surface area contributed by atoms with Gasteiger partial charge in [0.05, 0.1) is 6.54 Å². The van der Waals surface area contributed by atoms with Gasteiger partial charge in [-0.1, -0.05) is 18.2 Å². The van der Waals surface area contributed by atoms with Gasteiger partial charge in [0, 0.05) is 37.1 Å². The van der Waals surface area contributed by atoms with Crippen LogP contribution < -0.4 is 11.0 Å². The summed E-state index contributed by atoms with van der Waals surface area (Å²) in [5, 5.41) is 7.11. The number of nitrogens with one attached hydrogen (secondary N) is 1. The molecule has 2 heterocycles. The van der Waals surface area contributed by atoms with Gasteiger partial charge in [0.2, 0.25) is 0 Å². The number of nitrogens with zero attached hydrogens (tertiary/aromatic N) is 4. The summed E-state index contributed by atoms with van der Waals surface area (Å²) in [6.07, 6.45) is 3.32. The van der Waals surface area contributed by atoms with Crippen molar-refractivity contribution in [2.75, 3.05) is 6.54 Å². The van der Waals surface area contributed by atoms with Crippen LogP contribution in [0, 0.1) is 0 Å². The number of hydrogen-bond acceptors (Lipinski definition) is 4. The number of carbonyl (C=O) groups is 1. The molecule has 1 N–H and O–H groups in total. The van der Waals surface area contributed by atoms with Crippen LogP contribution in [-0.2, 0) is 13.6 Å². The Hall–Kier alpha value is -3.22. The first-order valence-electron chi connectivity index (χ1n) is 7.54. The molecule has 7 heteroatoms. The molecule has 1 amide bonds. The Bertz CT molecular complexity index is 884. The smallest absolute Gasteiger partial charge is 0.345 e. The molecule has 2 aromatic heterocycles. The normalized spacial score (nSPS) is 10.5. The summed E-state index contributed by atoms with van der Waals surface area (Å²) >= 11 is 0. The predicted octanol–water partition coefficient (Wildman–Crippen LogP) is 1.07. The van der Waals surface area contributed by atoms with Crippen molar-refractivity contribution in [3.05, 3.63) is 70.9 Å². The van der Waals surface area contributed by atoms with E-state index < -0.39 is 0 Å². The summed E-state index contributed by atoms with van der Waals surface area (Å²) in [7, 11) is 1.66. The molecule has 0 saturated heterocycles. The van der Waals surface area contributed by atoms with Crippen LogP contribution in [0.25, 0.3) is 11.4 Å². The molecule has 0 aliphatic rings. The van der Waals surface area contributed by atoms with Crippen LogP contribution in [0.5, 0.6) is 0 Å². The van der Waals surface area contributed by atoms with E-state index in [-0.39, 0.29) is 11.6 Å². The van der Waals surface area contributed by atoms with Crippen LogP contribution >= 0.6 is 0 Å². The Balaban J connectivity index is 1.68. The molecule has 0 unspecified atom stereocenters. The van der Waals surface area contributed by atoms with E-state index in [2.05, 4.69) is 15.4 Å². The van der Waals surface area contributed by atoms with Gasteiger partial charge in [-0.15, -0.1) is 5.10 Å². The quantitative estimate of drug-likeness (QED) is 0.761. The topological polar surface area (TPSA) is 81.8 Å². The molecule has 0 atom stereocenters. The van der Waals surface area contributed by atoms with E-state index in [4.69, 9.17) is 0 Å². The highest BCUT2D eigenvalue weighted by Crippen LogP contribution is 2.12. The average Bonchev–Trinajstić information content (AvgIpc) is 2.92. The second-order valence-electron chi connectivity index (χ2n) is 5.25. The Labute approximate surface area is 138 Å². The highest BCUT2D eigenvalue weighted by atomic mass is 16.2. The summed E-state index contributed by atoms with van der Waals surface area (Å²) in [4.78, 5) is 28.3. The maximum absolute atomic E-state index is 12.2. The molecule has 0 spiro atoms. The van der Waals surface area contributed by atoms with E-state index in [1.165, 1.54) is 9.25 Å². The third-order valence-electron chi connectivity index (χ3n) is 3.61. The SMILES string of the molecule is Cn1c(-c2cccnc2)nn(CCNC(=O)c2ccccc2)c1=O. The molecule has 0 radical (unpaired) electrons. The van der Waals surface area contributed by atoms with Crippen molar-refractivity contribution in [1.29, 1.82) is 0 Å². The van der Waals surface area contributed by atoms with E-state index in [0.29, 0.717) is 24.5 Å². The van der Waals surface area contributed by atoms with Gasteiger partial charge in [-0.05, 0) is 24.3 Å². The lowest BCUT2D eigenvalue weighted by Crippen LogP contribution is -2.31. The van der Waals surface area contributed by atoms with Crippen molar-refractivity contribution >= 4 is 5.91 Å². The van der Waals surface area contributed by atoms with Crippen LogP contribution in [0.4, 0.5) is 0 Å². The van der Waals surface area contributed by atoms with Crippen LogP contribution in [0.2, 0.25) is 0 Å². The zero-order valence-corrected chi connectivity index (χ0v) is 13.2. The largest absolute Gasteiger partial charge is 0.350 e. The van der Waals surface area contributed by atoms with Gasteiger partial charge in [-0.3, -0.25) is 14.3 Å². The van der Waals surface area contributed by atoms with E-state index in [0.717, 1.165) is 5.56 Å². The molecule has 24 heavy (non-hydrogen) atoms. The number of benzene rings is 1. The summed E-state index contributed by atoms with van der Waals surface area (Å²) in [6, 6.07) is 12.6. The number of aromatic nitrogens is 4. The highest BCUT2D eigenvalue weighted by Gasteiger charge is 2.12. The molecule has 3 rings (SSSR count). The Morgan fingerprint density at radius 2 is 1.96 bits per heavy atom. The number of hydrogen-bond donors (Lipinski definition) is 1. The van der Waals surface area contributed by atoms with Crippen molar-refractivity contribution in [3.8, 4) is 11.4 Å². The monoisotopic (exact) mass is 323 g/mol. The van der Waals surface area contributed by atoms with Crippen LogP contribution in [0.1, 0.15) is 10.4 Å². The lowest BCUT2D eigenvalue weighted by molar-refractivity contribution is 0.0952. The molecule has 3 aromatic rings. The van der Waals surface area contributed by atoms with Crippen molar-refractivity contribution < 1.29 is 4.79 Å². The van der Waals surface area contributed by atoms with Crippen LogP contribution in [0.3, 0.4) is 0 Å². The number of pyridine rings is 1. The second kappa shape index (κ2) is 6.91. The van der Waals surface area contributed by atoms with Crippen LogP contribution in [0.15, 0.2) is 59.7 Å². The summed E-state index contributed by atoms with van der Waals surface area (Å²) in [5.41, 5.74) is 1.12. The molecule has 0 bridgehead atoms. The van der Waals surface area contributed by atoms with Gasteiger partial charge < -0.3 is 5.32 Å². The highest BCUT2D eigenvalue weighted by molar-refractivity contribution is 5.94. The Morgan fingerprint density at radius 1 is 1.17 bits per heavy atom. The molecule has 0 aliphatic heterocycles. The van der Waals surface area contributed by atoms with Gasteiger partial charge >= 0.3 is 5.69 Å². The number of amides is 1. The first-order chi connectivity index (χ1) is 11.7. The second-order valence-corrected chi connectivity index (χ2v) is 5.25. The minimum absolute atomic E-state index is 0.174. The maximum atomic E-state index is 12.2. The summed E-state index contributed by atoms with van der Waals surface area (Å²) < 4.78 is 2.81. The number of carbonyl (C=O) groups excluding carboxylic acids is 1. The predicted molar refractivity (Wildman–Crippen MR) is 89.5 cm³/mol.